The van der Waals surface area contributed by atoms with Gasteiger partial charge in [-0.15, -0.1) is 4.91 Å². The van der Waals surface area contributed by atoms with Gasteiger partial charge in [-0.25, -0.2) is 0 Å². The Morgan fingerprint density at radius 3 is 2.33 bits per heavy atom. The standard InChI is InChI=1S/C8H14N2O2/c9-5-6-1-3-7(4-2-6)8(11)10-12/h6-7H,1-5,9H2. The van der Waals surface area contributed by atoms with Crippen molar-refractivity contribution < 1.29 is 4.79 Å². The summed E-state index contributed by atoms with van der Waals surface area (Å²) in [4.78, 5) is 20.8. The second-order valence-corrected chi connectivity index (χ2v) is 3.38. The van der Waals surface area contributed by atoms with Crippen LogP contribution in [-0.2, 0) is 4.79 Å². The molecule has 68 valence electrons. The molecule has 1 saturated carbocycles. The normalized spacial score (nSPS) is 29.8. The molecule has 0 aromatic rings. The fraction of sp³-hybridized carbons (Fsp3) is 0.875. The molecule has 1 amide bonds. The molecule has 0 bridgehead atoms. The van der Waals surface area contributed by atoms with E-state index in [1.807, 2.05) is 0 Å². The Labute approximate surface area is 71.5 Å². The SMILES string of the molecule is NCC1CCC(C(=O)N=O)CC1. The monoisotopic (exact) mass is 170 g/mol. The molecule has 2 N–H and O–H groups in total. The minimum atomic E-state index is -0.481. The van der Waals surface area contributed by atoms with E-state index in [1.165, 1.54) is 0 Å². The maximum atomic E-state index is 10.9. The lowest BCUT2D eigenvalue weighted by atomic mass is 9.82. The zero-order valence-electron chi connectivity index (χ0n) is 7.03. The second-order valence-electron chi connectivity index (χ2n) is 3.38. The average Bonchev–Trinajstić information content (AvgIpc) is 2.17. The Balaban J connectivity index is 2.35. The highest BCUT2D eigenvalue weighted by molar-refractivity contribution is 5.79. The lowest BCUT2D eigenvalue weighted by Crippen LogP contribution is -2.24. The maximum absolute atomic E-state index is 10.9. The summed E-state index contributed by atoms with van der Waals surface area (Å²) in [5.74, 6) is -0.0588. The highest BCUT2D eigenvalue weighted by Crippen LogP contribution is 2.28. The van der Waals surface area contributed by atoms with Crippen LogP contribution in [0.1, 0.15) is 25.7 Å². The molecule has 1 aliphatic carbocycles. The fourth-order valence-corrected chi connectivity index (χ4v) is 1.72. The Kier molecular flexibility index (Phi) is 3.34. The van der Waals surface area contributed by atoms with Crippen LogP contribution in [0.3, 0.4) is 0 Å². The van der Waals surface area contributed by atoms with Gasteiger partial charge < -0.3 is 5.73 Å². The van der Waals surface area contributed by atoms with Crippen LogP contribution < -0.4 is 5.73 Å². The van der Waals surface area contributed by atoms with E-state index >= 15 is 0 Å². The van der Waals surface area contributed by atoms with Crippen LogP contribution in [0.25, 0.3) is 0 Å². The van der Waals surface area contributed by atoms with E-state index in [0.717, 1.165) is 25.7 Å². The van der Waals surface area contributed by atoms with Crippen molar-refractivity contribution in [2.45, 2.75) is 25.7 Å². The molecule has 1 fully saturated rings. The summed E-state index contributed by atoms with van der Waals surface area (Å²) in [6.07, 6.45) is 3.49. The quantitative estimate of drug-likeness (QED) is 0.629. The number of nitrogens with two attached hydrogens (primary N) is 1. The number of carbonyl (C=O) groups excluding carboxylic acids is 1. The molecule has 0 aliphatic heterocycles. The summed E-state index contributed by atoms with van der Waals surface area (Å²) in [6, 6.07) is 0. The number of hydrogen-bond acceptors (Lipinski definition) is 3. The van der Waals surface area contributed by atoms with Gasteiger partial charge in [0.1, 0.15) is 0 Å². The number of nitrogens with zero attached hydrogens (tertiary/aromatic N) is 1. The largest absolute Gasteiger partial charge is 0.330 e. The lowest BCUT2D eigenvalue weighted by Gasteiger charge is -2.24. The first-order valence-corrected chi connectivity index (χ1v) is 4.35. The summed E-state index contributed by atoms with van der Waals surface area (Å²) in [5, 5.41) is 2.44. The van der Waals surface area contributed by atoms with Crippen molar-refractivity contribution in [2.24, 2.45) is 22.7 Å². The molecular weight excluding hydrogens is 156 g/mol. The molecule has 0 saturated heterocycles. The van der Waals surface area contributed by atoms with Crippen LogP contribution in [0.4, 0.5) is 0 Å². The number of hydrogen-bond donors (Lipinski definition) is 1. The van der Waals surface area contributed by atoms with Gasteiger partial charge in [0.15, 0.2) is 0 Å². The minimum absolute atomic E-state index is 0.120. The summed E-state index contributed by atoms with van der Waals surface area (Å²) >= 11 is 0. The number of amides is 1. The van der Waals surface area contributed by atoms with Crippen molar-refractivity contribution in [3.63, 3.8) is 0 Å². The van der Waals surface area contributed by atoms with E-state index in [1.54, 1.807) is 0 Å². The van der Waals surface area contributed by atoms with Crippen LogP contribution >= 0.6 is 0 Å². The maximum Gasteiger partial charge on any atom is 0.289 e. The summed E-state index contributed by atoms with van der Waals surface area (Å²) in [5.41, 5.74) is 5.49. The predicted octanol–water partition coefficient (Wildman–Crippen LogP) is 1.04. The minimum Gasteiger partial charge on any atom is -0.330 e. The molecule has 0 heterocycles. The molecule has 0 aromatic carbocycles. The third kappa shape index (κ3) is 2.11. The summed E-state index contributed by atoms with van der Waals surface area (Å²) in [7, 11) is 0. The van der Waals surface area contributed by atoms with E-state index in [0.29, 0.717) is 12.5 Å². The first-order valence-electron chi connectivity index (χ1n) is 4.35. The second kappa shape index (κ2) is 4.30. The molecule has 4 heteroatoms. The zero-order valence-corrected chi connectivity index (χ0v) is 7.03. The Morgan fingerprint density at radius 1 is 1.33 bits per heavy atom. The molecule has 0 radical (unpaired) electrons. The van der Waals surface area contributed by atoms with Gasteiger partial charge in [-0.2, -0.15) is 0 Å². The Bertz CT molecular complexity index is 174. The lowest BCUT2D eigenvalue weighted by molar-refractivity contribution is -0.122. The van der Waals surface area contributed by atoms with Crippen LogP contribution in [0.15, 0.2) is 5.18 Å². The van der Waals surface area contributed by atoms with Gasteiger partial charge in [0, 0.05) is 11.1 Å². The molecule has 0 spiro atoms. The van der Waals surface area contributed by atoms with E-state index in [2.05, 4.69) is 5.18 Å². The highest BCUT2D eigenvalue weighted by atomic mass is 16.3. The third-order valence-corrected chi connectivity index (χ3v) is 2.62. The van der Waals surface area contributed by atoms with Crippen molar-refractivity contribution >= 4 is 5.91 Å². The molecule has 1 aliphatic rings. The van der Waals surface area contributed by atoms with Gasteiger partial charge >= 0.3 is 0 Å². The van der Waals surface area contributed by atoms with E-state index < -0.39 is 5.91 Å². The van der Waals surface area contributed by atoms with E-state index in [9.17, 15) is 9.70 Å². The van der Waals surface area contributed by atoms with Gasteiger partial charge in [-0.1, -0.05) is 0 Å². The molecule has 1 rings (SSSR count). The van der Waals surface area contributed by atoms with Gasteiger partial charge in [0.25, 0.3) is 5.91 Å². The van der Waals surface area contributed by atoms with Crippen molar-refractivity contribution in [1.29, 1.82) is 0 Å². The number of nitroso groups, excluding NO2 is 1. The molecule has 0 aromatic heterocycles. The Morgan fingerprint density at radius 2 is 1.92 bits per heavy atom. The van der Waals surface area contributed by atoms with Crippen LogP contribution in [0.5, 0.6) is 0 Å². The molecular formula is C8H14N2O2. The van der Waals surface area contributed by atoms with Gasteiger partial charge in [0.05, 0.1) is 0 Å². The van der Waals surface area contributed by atoms with Crippen molar-refractivity contribution in [2.75, 3.05) is 6.54 Å². The van der Waals surface area contributed by atoms with Gasteiger partial charge in [-0.05, 0) is 38.1 Å². The van der Waals surface area contributed by atoms with Gasteiger partial charge in [-0.3, -0.25) is 4.79 Å². The highest BCUT2D eigenvalue weighted by Gasteiger charge is 2.25. The first-order chi connectivity index (χ1) is 5.77. The molecule has 0 atom stereocenters. The third-order valence-electron chi connectivity index (χ3n) is 2.62. The topological polar surface area (TPSA) is 72.5 Å². The molecule has 0 unspecified atom stereocenters. The van der Waals surface area contributed by atoms with Crippen molar-refractivity contribution in [1.82, 2.24) is 0 Å². The number of rotatable bonds is 2. The van der Waals surface area contributed by atoms with E-state index in [4.69, 9.17) is 5.73 Å². The smallest absolute Gasteiger partial charge is 0.289 e. The van der Waals surface area contributed by atoms with Crippen LogP contribution in [0, 0.1) is 16.7 Å². The number of carbonyl (C=O) groups is 1. The molecule has 4 nitrogen and oxygen atoms in total. The fourth-order valence-electron chi connectivity index (χ4n) is 1.72. The van der Waals surface area contributed by atoms with E-state index in [-0.39, 0.29) is 5.92 Å². The molecule has 12 heavy (non-hydrogen) atoms. The van der Waals surface area contributed by atoms with Crippen LogP contribution in [0.2, 0.25) is 0 Å². The van der Waals surface area contributed by atoms with Crippen LogP contribution in [-0.4, -0.2) is 12.5 Å². The Hall–Kier alpha value is -0.770. The first kappa shape index (κ1) is 9.32. The average molecular weight is 170 g/mol. The summed E-state index contributed by atoms with van der Waals surface area (Å²) in [6.45, 7) is 0.690. The van der Waals surface area contributed by atoms with Crippen molar-refractivity contribution in [3.8, 4) is 0 Å². The van der Waals surface area contributed by atoms with Gasteiger partial charge in [0.2, 0.25) is 0 Å². The zero-order chi connectivity index (χ0) is 8.97. The van der Waals surface area contributed by atoms with Crippen molar-refractivity contribution in [3.05, 3.63) is 4.91 Å². The predicted molar refractivity (Wildman–Crippen MR) is 45.3 cm³/mol. The summed E-state index contributed by atoms with van der Waals surface area (Å²) < 4.78 is 0.